The Labute approximate surface area is 149 Å². The van der Waals surface area contributed by atoms with Crippen LogP contribution in [0.25, 0.3) is 0 Å². The van der Waals surface area contributed by atoms with E-state index in [1.807, 2.05) is 41.8 Å². The molecule has 4 amide bonds. The molecule has 0 bridgehead atoms. The van der Waals surface area contributed by atoms with Crippen LogP contribution in [0.15, 0.2) is 47.8 Å². The predicted molar refractivity (Wildman–Crippen MR) is 93.1 cm³/mol. The highest BCUT2D eigenvalue weighted by Gasteiger charge is 2.49. The van der Waals surface area contributed by atoms with Crippen molar-refractivity contribution in [3.05, 3.63) is 58.3 Å². The normalized spacial score (nSPS) is 22.7. The Morgan fingerprint density at radius 1 is 1.16 bits per heavy atom. The summed E-state index contributed by atoms with van der Waals surface area (Å²) < 4.78 is 0. The third-order valence-electron chi connectivity index (χ3n) is 4.65. The highest BCUT2D eigenvalue weighted by atomic mass is 32.1. The van der Waals surface area contributed by atoms with Crippen LogP contribution in [0.1, 0.15) is 21.7 Å². The first-order chi connectivity index (χ1) is 12.1. The second-order valence-corrected chi connectivity index (χ2v) is 7.12. The van der Waals surface area contributed by atoms with E-state index in [1.54, 1.807) is 11.0 Å². The van der Waals surface area contributed by atoms with E-state index in [4.69, 9.17) is 0 Å². The predicted octanol–water partition coefficient (Wildman–Crippen LogP) is 2.08. The molecule has 2 atom stereocenters. The number of nitrogens with one attached hydrogen (secondary N) is 1. The van der Waals surface area contributed by atoms with Crippen molar-refractivity contribution in [2.45, 2.75) is 25.0 Å². The van der Waals surface area contributed by atoms with Crippen molar-refractivity contribution < 1.29 is 14.4 Å². The number of rotatable bonds is 3. The number of carbonyl (C=O) groups is 3. The average molecular weight is 355 g/mol. The van der Waals surface area contributed by atoms with Gasteiger partial charge in [-0.25, -0.2) is 4.79 Å². The Hall–Kier alpha value is -2.67. The molecule has 1 N–H and O–H groups in total. The molecule has 0 unspecified atom stereocenters. The van der Waals surface area contributed by atoms with Gasteiger partial charge in [0.1, 0.15) is 6.04 Å². The number of hydrogen-bond acceptors (Lipinski definition) is 4. The smallest absolute Gasteiger partial charge is 0.324 e. The van der Waals surface area contributed by atoms with Crippen molar-refractivity contribution in [1.82, 2.24) is 15.1 Å². The van der Waals surface area contributed by atoms with Crippen LogP contribution >= 0.6 is 11.3 Å². The molecule has 7 heteroatoms. The zero-order valence-electron chi connectivity index (χ0n) is 13.4. The topological polar surface area (TPSA) is 69.7 Å². The largest absolute Gasteiger partial charge is 0.332 e. The molecule has 2 saturated heterocycles. The molecule has 1 aromatic heterocycles. The van der Waals surface area contributed by atoms with E-state index in [1.165, 1.54) is 16.2 Å². The first-order valence-corrected chi connectivity index (χ1v) is 9.03. The standard InChI is InChI=1S/C18H17N3O3S/c22-16(14-7-4-10-25-14)20-9-8-13-15(20)17(23)21(18(24)19-13)11-12-5-2-1-3-6-12/h1-7,10,13,15H,8-9,11H2,(H,19,24)/t13-,15-/m1/s1. The van der Waals surface area contributed by atoms with E-state index in [2.05, 4.69) is 5.32 Å². The number of imide groups is 1. The average Bonchev–Trinajstić information content (AvgIpc) is 3.29. The third kappa shape index (κ3) is 2.80. The van der Waals surface area contributed by atoms with Crippen LogP contribution in [-0.2, 0) is 11.3 Å². The second-order valence-electron chi connectivity index (χ2n) is 6.18. The van der Waals surface area contributed by atoms with Gasteiger partial charge in [0.15, 0.2) is 0 Å². The molecule has 3 heterocycles. The summed E-state index contributed by atoms with van der Waals surface area (Å²) in [5.41, 5.74) is 0.874. The van der Waals surface area contributed by atoms with Crippen molar-refractivity contribution in [1.29, 1.82) is 0 Å². The SMILES string of the molecule is O=C1N[C@@H]2CCN(C(=O)c3cccs3)[C@H]2C(=O)N1Cc1ccccc1. The summed E-state index contributed by atoms with van der Waals surface area (Å²) in [6, 6.07) is 11.6. The maximum absolute atomic E-state index is 13.0. The quantitative estimate of drug-likeness (QED) is 0.916. The number of amides is 4. The Kier molecular flexibility index (Phi) is 4.01. The Bertz CT molecular complexity index is 806. The van der Waals surface area contributed by atoms with Gasteiger partial charge >= 0.3 is 6.03 Å². The second kappa shape index (κ2) is 6.33. The van der Waals surface area contributed by atoms with Crippen LogP contribution in [0.3, 0.4) is 0 Å². The molecule has 2 aliphatic rings. The minimum atomic E-state index is -0.629. The molecular formula is C18H17N3O3S. The van der Waals surface area contributed by atoms with E-state index < -0.39 is 6.04 Å². The molecule has 1 aromatic carbocycles. The highest BCUT2D eigenvalue weighted by Crippen LogP contribution is 2.27. The van der Waals surface area contributed by atoms with Gasteiger partial charge in [-0.05, 0) is 23.4 Å². The maximum atomic E-state index is 13.0. The number of nitrogens with zero attached hydrogens (tertiary/aromatic N) is 2. The summed E-state index contributed by atoms with van der Waals surface area (Å²) in [7, 11) is 0. The zero-order valence-corrected chi connectivity index (χ0v) is 14.2. The Morgan fingerprint density at radius 3 is 2.68 bits per heavy atom. The number of fused-ring (bicyclic) bond motifs is 1. The van der Waals surface area contributed by atoms with E-state index in [9.17, 15) is 14.4 Å². The third-order valence-corrected chi connectivity index (χ3v) is 5.51. The lowest BCUT2D eigenvalue weighted by Crippen LogP contribution is -2.64. The molecule has 4 rings (SSSR count). The fraction of sp³-hybridized carbons (Fsp3) is 0.278. The van der Waals surface area contributed by atoms with Crippen LogP contribution in [0.4, 0.5) is 4.79 Å². The zero-order chi connectivity index (χ0) is 17.4. The van der Waals surface area contributed by atoms with Crippen LogP contribution in [0, 0.1) is 0 Å². The lowest BCUT2D eigenvalue weighted by atomic mass is 10.0. The lowest BCUT2D eigenvalue weighted by molar-refractivity contribution is -0.134. The van der Waals surface area contributed by atoms with Gasteiger partial charge in [0.05, 0.1) is 17.5 Å². The van der Waals surface area contributed by atoms with E-state index >= 15 is 0 Å². The molecule has 2 fully saturated rings. The molecule has 2 aliphatic heterocycles. The molecule has 6 nitrogen and oxygen atoms in total. The van der Waals surface area contributed by atoms with Crippen molar-refractivity contribution >= 4 is 29.2 Å². The van der Waals surface area contributed by atoms with Crippen molar-refractivity contribution in [3.63, 3.8) is 0 Å². The summed E-state index contributed by atoms with van der Waals surface area (Å²) in [5, 5.41) is 4.73. The van der Waals surface area contributed by atoms with Gasteiger partial charge in [0, 0.05) is 6.54 Å². The molecule has 2 aromatic rings. The van der Waals surface area contributed by atoms with Crippen LogP contribution in [-0.4, -0.2) is 46.3 Å². The number of benzene rings is 1. The molecule has 0 radical (unpaired) electrons. The fourth-order valence-electron chi connectivity index (χ4n) is 3.43. The maximum Gasteiger partial charge on any atom is 0.324 e. The first kappa shape index (κ1) is 15.8. The van der Waals surface area contributed by atoms with Crippen LogP contribution in [0.5, 0.6) is 0 Å². The lowest BCUT2D eigenvalue weighted by Gasteiger charge is -2.36. The number of hydrogen-bond donors (Lipinski definition) is 1. The molecule has 0 saturated carbocycles. The van der Waals surface area contributed by atoms with Crippen LogP contribution < -0.4 is 5.32 Å². The Balaban J connectivity index is 1.58. The van der Waals surface area contributed by atoms with E-state index in [-0.39, 0.29) is 30.4 Å². The van der Waals surface area contributed by atoms with Gasteiger partial charge in [0.25, 0.3) is 11.8 Å². The molecule has 0 aliphatic carbocycles. The summed E-state index contributed by atoms with van der Waals surface area (Å²) in [4.78, 5) is 41.4. The summed E-state index contributed by atoms with van der Waals surface area (Å²) >= 11 is 1.36. The van der Waals surface area contributed by atoms with Gasteiger partial charge in [-0.3, -0.25) is 14.5 Å². The monoisotopic (exact) mass is 355 g/mol. The van der Waals surface area contributed by atoms with Crippen molar-refractivity contribution in [2.75, 3.05) is 6.54 Å². The minimum absolute atomic E-state index is 0.147. The first-order valence-electron chi connectivity index (χ1n) is 8.15. The Morgan fingerprint density at radius 2 is 1.96 bits per heavy atom. The summed E-state index contributed by atoms with van der Waals surface area (Å²) in [6.45, 7) is 0.674. The number of likely N-dealkylation sites (tertiary alicyclic amines) is 1. The van der Waals surface area contributed by atoms with Crippen LogP contribution in [0.2, 0.25) is 0 Å². The number of carbonyl (C=O) groups excluding carboxylic acids is 3. The molecule has 128 valence electrons. The molecule has 0 spiro atoms. The van der Waals surface area contributed by atoms with Gasteiger partial charge in [-0.1, -0.05) is 36.4 Å². The fourth-order valence-corrected chi connectivity index (χ4v) is 4.11. The van der Waals surface area contributed by atoms with Crippen molar-refractivity contribution in [2.24, 2.45) is 0 Å². The van der Waals surface area contributed by atoms with E-state index in [0.717, 1.165) is 5.56 Å². The van der Waals surface area contributed by atoms with Gasteiger partial charge in [0.2, 0.25) is 0 Å². The van der Waals surface area contributed by atoms with Gasteiger partial charge in [-0.15, -0.1) is 11.3 Å². The van der Waals surface area contributed by atoms with Gasteiger partial charge in [-0.2, -0.15) is 0 Å². The summed E-state index contributed by atoms with van der Waals surface area (Å²) in [5.74, 6) is -0.452. The number of thiophene rings is 1. The van der Waals surface area contributed by atoms with Gasteiger partial charge < -0.3 is 10.2 Å². The molecule has 25 heavy (non-hydrogen) atoms. The van der Waals surface area contributed by atoms with E-state index in [0.29, 0.717) is 17.8 Å². The minimum Gasteiger partial charge on any atom is -0.332 e. The number of urea groups is 1. The highest BCUT2D eigenvalue weighted by molar-refractivity contribution is 7.12. The summed E-state index contributed by atoms with van der Waals surface area (Å²) in [6.07, 6.45) is 0.596. The van der Waals surface area contributed by atoms with Crippen molar-refractivity contribution in [3.8, 4) is 0 Å². The molecular weight excluding hydrogens is 338 g/mol.